The second kappa shape index (κ2) is 5.35. The average molecular weight is 321 g/mol. The van der Waals surface area contributed by atoms with Gasteiger partial charge in [-0.05, 0) is 34.8 Å². The quantitative estimate of drug-likeness (QED) is 0.823. The molecule has 1 aliphatic rings. The van der Waals surface area contributed by atoms with Crippen molar-refractivity contribution in [2.24, 2.45) is 0 Å². The van der Waals surface area contributed by atoms with E-state index in [1.165, 1.54) is 6.07 Å². The molecule has 0 aromatic heterocycles. The number of rotatable bonds is 2. The van der Waals surface area contributed by atoms with Gasteiger partial charge in [-0.3, -0.25) is 4.21 Å². The molecule has 0 amide bonds. The summed E-state index contributed by atoms with van der Waals surface area (Å²) in [6.45, 7) is 0. The molecule has 1 fully saturated rings. The van der Waals surface area contributed by atoms with Crippen molar-refractivity contribution in [1.82, 2.24) is 0 Å². The molecule has 6 heteroatoms. The minimum absolute atomic E-state index is 0.232. The molecule has 1 heterocycles. The van der Waals surface area contributed by atoms with Crippen molar-refractivity contribution in [2.45, 2.75) is 18.9 Å². The van der Waals surface area contributed by atoms with Crippen molar-refractivity contribution in [3.8, 4) is 0 Å². The van der Waals surface area contributed by atoms with Crippen LogP contribution in [0.15, 0.2) is 16.6 Å². The van der Waals surface area contributed by atoms with E-state index in [1.54, 1.807) is 6.07 Å². The van der Waals surface area contributed by atoms with Gasteiger partial charge in [0.1, 0.15) is 5.82 Å². The lowest BCUT2D eigenvalue weighted by Crippen LogP contribution is -2.29. The first kappa shape index (κ1) is 12.8. The molecule has 3 N–H and O–H groups in total. The third-order valence-corrected chi connectivity index (χ3v) is 4.83. The summed E-state index contributed by atoms with van der Waals surface area (Å²) < 4.78 is 25.0. The van der Waals surface area contributed by atoms with Crippen LogP contribution in [0, 0.1) is 5.82 Å². The number of nitrogens with two attached hydrogens (primary N) is 1. The second-order valence-corrected chi connectivity index (χ2v) is 6.67. The van der Waals surface area contributed by atoms with Gasteiger partial charge in [-0.2, -0.15) is 0 Å². The number of nitrogens with one attached hydrogen (secondary N) is 1. The number of benzene rings is 1. The standard InChI is InChI=1S/C11H14BrFN2OS/c12-8-5-10(14)11(6-9(8)13)15-7-1-3-17(16)4-2-7/h5-7,15H,1-4,14H2. The van der Waals surface area contributed by atoms with Crippen LogP contribution < -0.4 is 11.1 Å². The van der Waals surface area contributed by atoms with Crippen molar-refractivity contribution >= 4 is 38.1 Å². The van der Waals surface area contributed by atoms with Gasteiger partial charge in [0.2, 0.25) is 0 Å². The lowest BCUT2D eigenvalue weighted by molar-refractivity contribution is 0.614. The van der Waals surface area contributed by atoms with Gasteiger partial charge in [0.25, 0.3) is 0 Å². The molecule has 3 nitrogen and oxygen atoms in total. The fraction of sp³-hybridized carbons (Fsp3) is 0.455. The monoisotopic (exact) mass is 320 g/mol. The molecule has 94 valence electrons. The molecule has 2 rings (SSSR count). The zero-order chi connectivity index (χ0) is 12.4. The van der Waals surface area contributed by atoms with Crippen LogP contribution in [-0.4, -0.2) is 21.8 Å². The molecule has 1 saturated heterocycles. The van der Waals surface area contributed by atoms with Crippen molar-refractivity contribution < 1.29 is 8.60 Å². The normalized spacial score (nSPS) is 24.6. The Morgan fingerprint density at radius 1 is 1.41 bits per heavy atom. The first-order valence-electron chi connectivity index (χ1n) is 5.42. The number of hydrogen-bond donors (Lipinski definition) is 2. The maximum Gasteiger partial charge on any atom is 0.139 e. The van der Waals surface area contributed by atoms with E-state index in [0.29, 0.717) is 27.4 Å². The molecule has 1 aromatic rings. The van der Waals surface area contributed by atoms with Gasteiger partial charge < -0.3 is 11.1 Å². The number of halogens is 2. The maximum atomic E-state index is 13.4. The Balaban J connectivity index is 2.08. The van der Waals surface area contributed by atoms with Crippen LogP contribution in [0.25, 0.3) is 0 Å². The molecule has 0 saturated carbocycles. The zero-order valence-corrected chi connectivity index (χ0v) is 11.6. The fourth-order valence-electron chi connectivity index (χ4n) is 1.85. The van der Waals surface area contributed by atoms with E-state index in [4.69, 9.17) is 5.73 Å². The fourth-order valence-corrected chi connectivity index (χ4v) is 3.51. The van der Waals surface area contributed by atoms with Crippen LogP contribution >= 0.6 is 15.9 Å². The molecule has 0 atom stereocenters. The van der Waals surface area contributed by atoms with Gasteiger partial charge in [0.05, 0.1) is 15.8 Å². The number of hydrogen-bond acceptors (Lipinski definition) is 3. The number of nitrogen functional groups attached to an aromatic ring is 1. The topological polar surface area (TPSA) is 55.1 Å². The Labute approximate surface area is 111 Å². The van der Waals surface area contributed by atoms with Crippen molar-refractivity contribution in [3.63, 3.8) is 0 Å². The summed E-state index contributed by atoms with van der Waals surface area (Å²) in [6, 6.07) is 3.18. The van der Waals surface area contributed by atoms with Crippen LogP contribution in [0.3, 0.4) is 0 Å². The summed E-state index contributed by atoms with van der Waals surface area (Å²) in [5.74, 6) is 1.08. The number of anilines is 2. The molecular formula is C11H14BrFN2OS. The minimum atomic E-state index is -0.685. The molecule has 1 aromatic carbocycles. The summed E-state index contributed by atoms with van der Waals surface area (Å²) in [6.07, 6.45) is 1.67. The maximum absolute atomic E-state index is 13.4. The predicted octanol–water partition coefficient (Wildman–Crippen LogP) is 2.49. The van der Waals surface area contributed by atoms with E-state index in [2.05, 4.69) is 21.2 Å². The molecular weight excluding hydrogens is 307 g/mol. The van der Waals surface area contributed by atoms with Crippen LogP contribution in [0.5, 0.6) is 0 Å². The Morgan fingerprint density at radius 3 is 2.71 bits per heavy atom. The highest BCUT2D eigenvalue weighted by molar-refractivity contribution is 9.10. The summed E-state index contributed by atoms with van der Waals surface area (Å²) in [7, 11) is -0.685. The predicted molar refractivity (Wildman–Crippen MR) is 73.0 cm³/mol. The third-order valence-electron chi connectivity index (χ3n) is 2.84. The van der Waals surface area contributed by atoms with Crippen molar-refractivity contribution in [3.05, 3.63) is 22.4 Å². The van der Waals surface area contributed by atoms with E-state index in [9.17, 15) is 8.60 Å². The summed E-state index contributed by atoms with van der Waals surface area (Å²) in [4.78, 5) is 0. The Kier molecular flexibility index (Phi) is 4.04. The molecule has 0 radical (unpaired) electrons. The van der Waals surface area contributed by atoms with E-state index in [0.717, 1.165) is 12.8 Å². The van der Waals surface area contributed by atoms with Crippen LogP contribution in [0.4, 0.5) is 15.8 Å². The SMILES string of the molecule is Nc1cc(Br)c(F)cc1NC1CCS(=O)CC1. The summed E-state index contributed by atoms with van der Waals surface area (Å²) in [5.41, 5.74) is 6.95. The third kappa shape index (κ3) is 3.19. The Bertz CT molecular complexity index is 445. The Hall–Kier alpha value is -0.620. The molecule has 0 aliphatic carbocycles. The lowest BCUT2D eigenvalue weighted by Gasteiger charge is -2.24. The van der Waals surface area contributed by atoms with Gasteiger partial charge in [0.15, 0.2) is 0 Å². The van der Waals surface area contributed by atoms with Gasteiger partial charge in [-0.15, -0.1) is 0 Å². The highest BCUT2D eigenvalue weighted by Crippen LogP contribution is 2.28. The Morgan fingerprint density at radius 2 is 2.06 bits per heavy atom. The lowest BCUT2D eigenvalue weighted by atomic mass is 10.1. The summed E-state index contributed by atoms with van der Waals surface area (Å²) >= 11 is 3.09. The smallest absolute Gasteiger partial charge is 0.139 e. The first-order chi connectivity index (χ1) is 8.06. The summed E-state index contributed by atoms with van der Waals surface area (Å²) in [5, 5.41) is 3.22. The average Bonchev–Trinajstić information content (AvgIpc) is 2.29. The van der Waals surface area contributed by atoms with Gasteiger partial charge in [-0.1, -0.05) is 0 Å². The molecule has 0 unspecified atom stereocenters. The van der Waals surface area contributed by atoms with E-state index in [-0.39, 0.29) is 11.9 Å². The highest BCUT2D eigenvalue weighted by atomic mass is 79.9. The second-order valence-electron chi connectivity index (χ2n) is 4.12. The highest BCUT2D eigenvalue weighted by Gasteiger charge is 2.18. The minimum Gasteiger partial charge on any atom is -0.397 e. The van der Waals surface area contributed by atoms with Crippen molar-refractivity contribution in [2.75, 3.05) is 22.6 Å². The van der Waals surface area contributed by atoms with Crippen LogP contribution in [0.1, 0.15) is 12.8 Å². The van der Waals surface area contributed by atoms with E-state index >= 15 is 0 Å². The van der Waals surface area contributed by atoms with E-state index < -0.39 is 10.8 Å². The first-order valence-corrected chi connectivity index (χ1v) is 7.70. The van der Waals surface area contributed by atoms with Gasteiger partial charge in [-0.25, -0.2) is 4.39 Å². The van der Waals surface area contributed by atoms with Gasteiger partial charge in [0, 0.05) is 34.4 Å². The molecule has 0 spiro atoms. The van der Waals surface area contributed by atoms with Crippen LogP contribution in [-0.2, 0) is 10.8 Å². The van der Waals surface area contributed by atoms with Crippen molar-refractivity contribution in [1.29, 1.82) is 0 Å². The zero-order valence-electron chi connectivity index (χ0n) is 9.21. The van der Waals surface area contributed by atoms with E-state index in [1.807, 2.05) is 0 Å². The molecule has 17 heavy (non-hydrogen) atoms. The van der Waals surface area contributed by atoms with Crippen LogP contribution in [0.2, 0.25) is 0 Å². The largest absolute Gasteiger partial charge is 0.397 e. The molecule has 0 bridgehead atoms. The molecule has 1 aliphatic heterocycles. The van der Waals surface area contributed by atoms with Gasteiger partial charge >= 0.3 is 0 Å².